The van der Waals surface area contributed by atoms with Gasteiger partial charge in [0.2, 0.25) is 0 Å². The first-order valence-electron chi connectivity index (χ1n) is 5.35. The van der Waals surface area contributed by atoms with E-state index >= 15 is 0 Å². The summed E-state index contributed by atoms with van der Waals surface area (Å²) >= 11 is 3.41. The van der Waals surface area contributed by atoms with Crippen molar-refractivity contribution < 1.29 is 5.11 Å². The molecule has 0 aromatic heterocycles. The van der Waals surface area contributed by atoms with Crippen LogP contribution in [0.15, 0.2) is 28.7 Å². The van der Waals surface area contributed by atoms with Gasteiger partial charge in [-0.1, -0.05) is 35.0 Å². The Morgan fingerprint density at radius 1 is 1.33 bits per heavy atom. The van der Waals surface area contributed by atoms with Gasteiger partial charge in [-0.25, -0.2) is 0 Å². The van der Waals surface area contributed by atoms with Crippen LogP contribution in [-0.4, -0.2) is 17.8 Å². The van der Waals surface area contributed by atoms with Gasteiger partial charge in [-0.15, -0.1) is 0 Å². The number of halogens is 1. The van der Waals surface area contributed by atoms with Crippen molar-refractivity contribution >= 4 is 15.9 Å². The van der Waals surface area contributed by atoms with Crippen LogP contribution in [0, 0.1) is 0 Å². The zero-order valence-electron chi connectivity index (χ0n) is 9.04. The number of nitrogens with one attached hydrogen (secondary N) is 1. The topological polar surface area (TPSA) is 32.3 Å². The van der Waals surface area contributed by atoms with Crippen LogP contribution in [0.5, 0.6) is 0 Å². The molecule has 15 heavy (non-hydrogen) atoms. The Kier molecular flexibility index (Phi) is 5.91. The first kappa shape index (κ1) is 12.7. The fourth-order valence-corrected chi connectivity index (χ4v) is 1.74. The Bertz CT molecular complexity index is 273. The number of benzene rings is 1. The van der Waals surface area contributed by atoms with Gasteiger partial charge in [0.15, 0.2) is 0 Å². The number of rotatable bonds is 6. The standard InChI is InChI=1S/C12H18BrNO/c1-2-12(7-8-15)14-9-10-3-5-11(13)6-4-10/h3-6,12,14-15H,2,7-9H2,1H3. The highest BCUT2D eigenvalue weighted by atomic mass is 79.9. The van der Waals surface area contributed by atoms with Crippen LogP contribution in [-0.2, 0) is 6.54 Å². The van der Waals surface area contributed by atoms with Crippen LogP contribution >= 0.6 is 15.9 Å². The van der Waals surface area contributed by atoms with E-state index in [1.54, 1.807) is 0 Å². The van der Waals surface area contributed by atoms with Crippen molar-refractivity contribution in [1.82, 2.24) is 5.32 Å². The summed E-state index contributed by atoms with van der Waals surface area (Å²) in [4.78, 5) is 0. The fraction of sp³-hybridized carbons (Fsp3) is 0.500. The minimum Gasteiger partial charge on any atom is -0.396 e. The molecule has 1 atom stereocenters. The van der Waals surface area contributed by atoms with Gasteiger partial charge in [-0.3, -0.25) is 0 Å². The molecule has 0 aliphatic heterocycles. The lowest BCUT2D eigenvalue weighted by molar-refractivity contribution is 0.262. The lowest BCUT2D eigenvalue weighted by atomic mass is 10.1. The van der Waals surface area contributed by atoms with Crippen molar-refractivity contribution in [3.63, 3.8) is 0 Å². The smallest absolute Gasteiger partial charge is 0.0445 e. The first-order valence-corrected chi connectivity index (χ1v) is 6.14. The molecule has 0 amide bonds. The summed E-state index contributed by atoms with van der Waals surface area (Å²) in [5.41, 5.74) is 1.27. The molecule has 1 aromatic rings. The summed E-state index contributed by atoms with van der Waals surface area (Å²) in [7, 11) is 0. The highest BCUT2D eigenvalue weighted by molar-refractivity contribution is 9.10. The van der Waals surface area contributed by atoms with Crippen molar-refractivity contribution in [3.05, 3.63) is 34.3 Å². The van der Waals surface area contributed by atoms with Crippen molar-refractivity contribution in [2.45, 2.75) is 32.4 Å². The lowest BCUT2D eigenvalue weighted by Crippen LogP contribution is -2.28. The number of aliphatic hydroxyl groups is 1. The molecule has 0 aliphatic rings. The number of hydrogen-bond donors (Lipinski definition) is 2. The predicted molar refractivity (Wildman–Crippen MR) is 66.8 cm³/mol. The van der Waals surface area contributed by atoms with Gasteiger partial charge in [0.05, 0.1) is 0 Å². The quantitative estimate of drug-likeness (QED) is 0.834. The van der Waals surface area contributed by atoms with E-state index in [1.807, 2.05) is 12.1 Å². The third-order valence-electron chi connectivity index (χ3n) is 2.48. The van der Waals surface area contributed by atoms with E-state index in [2.05, 4.69) is 40.3 Å². The summed E-state index contributed by atoms with van der Waals surface area (Å²) in [6, 6.07) is 8.71. The predicted octanol–water partition coefficient (Wildman–Crippen LogP) is 2.70. The van der Waals surface area contributed by atoms with Crippen molar-refractivity contribution in [1.29, 1.82) is 0 Å². The van der Waals surface area contributed by atoms with E-state index in [9.17, 15) is 0 Å². The van der Waals surface area contributed by atoms with Crippen LogP contribution < -0.4 is 5.32 Å². The molecule has 0 bridgehead atoms. The van der Waals surface area contributed by atoms with Crippen molar-refractivity contribution in [2.24, 2.45) is 0 Å². The molecule has 0 saturated heterocycles. The van der Waals surface area contributed by atoms with Crippen LogP contribution in [0.2, 0.25) is 0 Å². The molecule has 2 nitrogen and oxygen atoms in total. The van der Waals surface area contributed by atoms with Gasteiger partial charge in [-0.05, 0) is 30.5 Å². The second kappa shape index (κ2) is 6.99. The zero-order chi connectivity index (χ0) is 11.1. The van der Waals surface area contributed by atoms with Crippen LogP contribution in [0.1, 0.15) is 25.3 Å². The normalized spacial score (nSPS) is 12.7. The Hall–Kier alpha value is -0.380. The Balaban J connectivity index is 2.38. The van der Waals surface area contributed by atoms with Gasteiger partial charge in [0.1, 0.15) is 0 Å². The van der Waals surface area contributed by atoms with Crippen LogP contribution in [0.4, 0.5) is 0 Å². The van der Waals surface area contributed by atoms with E-state index in [4.69, 9.17) is 5.11 Å². The van der Waals surface area contributed by atoms with Gasteiger partial charge in [0.25, 0.3) is 0 Å². The van der Waals surface area contributed by atoms with E-state index in [1.165, 1.54) is 5.56 Å². The third-order valence-corrected chi connectivity index (χ3v) is 3.01. The summed E-state index contributed by atoms with van der Waals surface area (Å²) < 4.78 is 1.11. The summed E-state index contributed by atoms with van der Waals surface area (Å²) in [6.07, 6.45) is 1.88. The Morgan fingerprint density at radius 2 is 2.00 bits per heavy atom. The van der Waals surface area contributed by atoms with Crippen molar-refractivity contribution in [2.75, 3.05) is 6.61 Å². The summed E-state index contributed by atoms with van der Waals surface area (Å²) in [5, 5.41) is 12.3. The maximum Gasteiger partial charge on any atom is 0.0445 e. The van der Waals surface area contributed by atoms with Gasteiger partial charge in [-0.2, -0.15) is 0 Å². The molecule has 0 aliphatic carbocycles. The van der Waals surface area contributed by atoms with E-state index in [0.29, 0.717) is 6.04 Å². The van der Waals surface area contributed by atoms with Gasteiger partial charge >= 0.3 is 0 Å². The molecular weight excluding hydrogens is 254 g/mol. The molecule has 0 spiro atoms. The van der Waals surface area contributed by atoms with Crippen molar-refractivity contribution in [3.8, 4) is 0 Å². The van der Waals surface area contributed by atoms with Gasteiger partial charge < -0.3 is 10.4 Å². The second-order valence-electron chi connectivity index (χ2n) is 3.62. The fourth-order valence-electron chi connectivity index (χ4n) is 1.47. The number of hydrogen-bond acceptors (Lipinski definition) is 2. The minimum atomic E-state index is 0.256. The summed E-state index contributed by atoms with van der Waals surface area (Å²) in [6.45, 7) is 3.26. The highest BCUT2D eigenvalue weighted by Gasteiger charge is 2.03. The summed E-state index contributed by atoms with van der Waals surface area (Å²) in [5.74, 6) is 0. The molecule has 0 radical (unpaired) electrons. The molecule has 84 valence electrons. The van der Waals surface area contributed by atoms with E-state index < -0.39 is 0 Å². The van der Waals surface area contributed by atoms with Crippen LogP contribution in [0.3, 0.4) is 0 Å². The second-order valence-corrected chi connectivity index (χ2v) is 4.54. The maximum atomic E-state index is 8.86. The average Bonchev–Trinajstić information content (AvgIpc) is 2.26. The zero-order valence-corrected chi connectivity index (χ0v) is 10.6. The molecule has 1 aromatic carbocycles. The molecule has 1 unspecified atom stereocenters. The molecule has 0 saturated carbocycles. The minimum absolute atomic E-state index is 0.256. The average molecular weight is 272 g/mol. The maximum absolute atomic E-state index is 8.86. The Labute approximate surface area is 99.8 Å². The van der Waals surface area contributed by atoms with Gasteiger partial charge in [0, 0.05) is 23.7 Å². The third kappa shape index (κ3) is 4.78. The molecule has 3 heteroatoms. The number of aliphatic hydroxyl groups excluding tert-OH is 1. The molecule has 2 N–H and O–H groups in total. The largest absolute Gasteiger partial charge is 0.396 e. The monoisotopic (exact) mass is 271 g/mol. The SMILES string of the molecule is CCC(CCO)NCc1ccc(Br)cc1. The Morgan fingerprint density at radius 3 is 2.53 bits per heavy atom. The molecule has 0 heterocycles. The highest BCUT2D eigenvalue weighted by Crippen LogP contribution is 2.10. The van der Waals surface area contributed by atoms with E-state index in [-0.39, 0.29) is 6.61 Å². The first-order chi connectivity index (χ1) is 7.26. The molecular formula is C12H18BrNO. The van der Waals surface area contributed by atoms with E-state index in [0.717, 1.165) is 23.9 Å². The molecule has 1 rings (SSSR count). The lowest BCUT2D eigenvalue weighted by Gasteiger charge is -2.15. The molecule has 0 fully saturated rings. The van der Waals surface area contributed by atoms with Crippen LogP contribution in [0.25, 0.3) is 0 Å².